The van der Waals surface area contributed by atoms with Crippen molar-refractivity contribution in [1.82, 2.24) is 24.6 Å². The van der Waals surface area contributed by atoms with E-state index in [4.69, 9.17) is 0 Å². The molecule has 0 radical (unpaired) electrons. The van der Waals surface area contributed by atoms with E-state index in [2.05, 4.69) is 29.9 Å². The number of rotatable bonds is 3. The first-order valence-corrected chi connectivity index (χ1v) is 8.43. The number of aromatic nitrogens is 5. The summed E-state index contributed by atoms with van der Waals surface area (Å²) in [5, 5.41) is 4.19. The van der Waals surface area contributed by atoms with Crippen LogP contribution in [0.15, 0.2) is 30.6 Å². The van der Waals surface area contributed by atoms with Gasteiger partial charge in [-0.1, -0.05) is 0 Å². The first-order chi connectivity index (χ1) is 12.1. The van der Waals surface area contributed by atoms with E-state index in [1.807, 2.05) is 50.3 Å². The van der Waals surface area contributed by atoms with Crippen LogP contribution in [0.2, 0.25) is 0 Å². The van der Waals surface area contributed by atoms with E-state index < -0.39 is 0 Å². The van der Waals surface area contributed by atoms with Crippen LogP contribution in [-0.2, 0) is 0 Å². The Morgan fingerprint density at radius 2 is 1.72 bits per heavy atom. The van der Waals surface area contributed by atoms with Crippen molar-refractivity contribution in [2.45, 2.75) is 6.92 Å². The lowest BCUT2D eigenvalue weighted by Crippen LogP contribution is -2.47. The molecule has 1 aliphatic heterocycles. The van der Waals surface area contributed by atoms with Gasteiger partial charge >= 0.3 is 0 Å². The number of aryl methyl sites for hydroxylation is 1. The monoisotopic (exact) mass is 338 g/mol. The molecular weight excluding hydrogens is 316 g/mol. The third-order valence-corrected chi connectivity index (χ3v) is 4.42. The highest BCUT2D eigenvalue weighted by molar-refractivity contribution is 5.50. The van der Waals surface area contributed by atoms with Crippen molar-refractivity contribution in [3.63, 3.8) is 0 Å². The lowest BCUT2D eigenvalue weighted by atomic mass is 10.3. The zero-order chi connectivity index (χ0) is 17.4. The van der Waals surface area contributed by atoms with Crippen LogP contribution < -0.4 is 14.7 Å². The summed E-state index contributed by atoms with van der Waals surface area (Å²) in [6.45, 7) is 5.56. The largest absolute Gasteiger partial charge is 0.363 e. The highest BCUT2D eigenvalue weighted by Crippen LogP contribution is 2.19. The maximum Gasteiger partial charge on any atom is 0.227 e. The molecule has 0 N–H and O–H groups in total. The van der Waals surface area contributed by atoms with Crippen LogP contribution in [0.4, 0.5) is 17.6 Å². The average Bonchev–Trinajstić information content (AvgIpc) is 3.09. The molecule has 0 aromatic carbocycles. The Kier molecular flexibility index (Phi) is 3.87. The van der Waals surface area contributed by atoms with Gasteiger partial charge in [-0.15, -0.1) is 0 Å². The Bertz CT molecular complexity index is 879. The van der Waals surface area contributed by atoms with Crippen LogP contribution in [0.5, 0.6) is 0 Å². The summed E-state index contributed by atoms with van der Waals surface area (Å²) < 4.78 is 1.78. The highest BCUT2D eigenvalue weighted by atomic mass is 15.4. The van der Waals surface area contributed by atoms with Crippen molar-refractivity contribution < 1.29 is 0 Å². The second-order valence-electron chi connectivity index (χ2n) is 6.46. The van der Waals surface area contributed by atoms with E-state index in [1.165, 1.54) is 0 Å². The number of nitrogens with zero attached hydrogens (tertiary/aromatic N) is 8. The molecule has 0 aliphatic carbocycles. The Balaban J connectivity index is 1.49. The molecule has 130 valence electrons. The number of hydrogen-bond acceptors (Lipinski definition) is 7. The van der Waals surface area contributed by atoms with Crippen molar-refractivity contribution in [2.75, 3.05) is 55.0 Å². The van der Waals surface area contributed by atoms with Crippen molar-refractivity contribution in [3.05, 3.63) is 36.3 Å². The summed E-state index contributed by atoms with van der Waals surface area (Å²) in [6.07, 6.45) is 3.72. The normalized spacial score (nSPS) is 15.0. The summed E-state index contributed by atoms with van der Waals surface area (Å²) in [6, 6.07) is 5.94. The highest BCUT2D eigenvalue weighted by Gasteiger charge is 2.21. The fourth-order valence-electron chi connectivity index (χ4n) is 3.02. The molecule has 0 saturated carbocycles. The fraction of sp³-hybridized carbons (Fsp3) is 0.412. The van der Waals surface area contributed by atoms with E-state index in [-0.39, 0.29) is 0 Å². The van der Waals surface area contributed by atoms with Gasteiger partial charge in [0.1, 0.15) is 11.6 Å². The summed E-state index contributed by atoms with van der Waals surface area (Å²) in [4.78, 5) is 20.5. The molecule has 0 bridgehead atoms. The molecule has 1 aliphatic rings. The minimum Gasteiger partial charge on any atom is -0.363 e. The molecule has 3 aromatic rings. The Labute approximate surface area is 146 Å². The average molecular weight is 338 g/mol. The molecule has 0 unspecified atom stereocenters. The van der Waals surface area contributed by atoms with Gasteiger partial charge in [-0.05, 0) is 13.0 Å². The van der Waals surface area contributed by atoms with Gasteiger partial charge in [-0.25, -0.2) is 14.5 Å². The minimum atomic E-state index is 0.808. The molecule has 4 heterocycles. The molecule has 4 rings (SSSR count). The van der Waals surface area contributed by atoms with Gasteiger partial charge in [0.15, 0.2) is 5.65 Å². The van der Waals surface area contributed by atoms with E-state index in [9.17, 15) is 0 Å². The molecule has 8 nitrogen and oxygen atoms in total. The van der Waals surface area contributed by atoms with Crippen LogP contribution in [0.3, 0.4) is 0 Å². The zero-order valence-electron chi connectivity index (χ0n) is 14.8. The smallest absolute Gasteiger partial charge is 0.227 e. The number of piperazine rings is 1. The van der Waals surface area contributed by atoms with E-state index >= 15 is 0 Å². The SMILES string of the molecule is Cc1cc(N(C)C)nc(N2CCN(c3ccn4nccc4n3)CC2)n1. The second-order valence-corrected chi connectivity index (χ2v) is 6.46. The van der Waals surface area contributed by atoms with Crippen molar-refractivity contribution in [1.29, 1.82) is 0 Å². The number of hydrogen-bond donors (Lipinski definition) is 0. The molecule has 3 aromatic heterocycles. The first kappa shape index (κ1) is 15.6. The fourth-order valence-corrected chi connectivity index (χ4v) is 3.02. The van der Waals surface area contributed by atoms with Crippen LogP contribution in [0.25, 0.3) is 5.65 Å². The molecule has 0 spiro atoms. The lowest BCUT2D eigenvalue weighted by Gasteiger charge is -2.35. The quantitative estimate of drug-likeness (QED) is 0.711. The Morgan fingerprint density at radius 3 is 2.48 bits per heavy atom. The van der Waals surface area contributed by atoms with E-state index in [1.54, 1.807) is 10.7 Å². The number of anilines is 3. The molecule has 1 fully saturated rings. The van der Waals surface area contributed by atoms with E-state index in [0.717, 1.165) is 55.1 Å². The summed E-state index contributed by atoms with van der Waals surface area (Å²) in [5.74, 6) is 2.74. The predicted molar refractivity (Wildman–Crippen MR) is 98.5 cm³/mol. The first-order valence-electron chi connectivity index (χ1n) is 8.43. The van der Waals surface area contributed by atoms with Gasteiger partial charge in [0.05, 0.1) is 6.20 Å². The molecular formula is C17H22N8. The molecule has 0 atom stereocenters. The maximum absolute atomic E-state index is 4.68. The summed E-state index contributed by atoms with van der Waals surface area (Å²) >= 11 is 0. The van der Waals surface area contributed by atoms with Gasteiger partial charge in [0.25, 0.3) is 0 Å². The van der Waals surface area contributed by atoms with Crippen LogP contribution in [0, 0.1) is 6.92 Å². The lowest BCUT2D eigenvalue weighted by molar-refractivity contribution is 0.633. The zero-order valence-corrected chi connectivity index (χ0v) is 14.8. The van der Waals surface area contributed by atoms with E-state index in [0.29, 0.717) is 0 Å². The molecule has 8 heteroatoms. The molecule has 1 saturated heterocycles. The predicted octanol–water partition coefficient (Wildman–Crippen LogP) is 1.22. The van der Waals surface area contributed by atoms with Gasteiger partial charge in [-0.3, -0.25) is 0 Å². The van der Waals surface area contributed by atoms with Gasteiger partial charge < -0.3 is 14.7 Å². The standard InChI is InChI=1S/C17H22N8/c1-13-12-16(22(2)3)21-17(19-13)24-10-8-23(9-11-24)14-5-7-25-15(20-14)4-6-18-25/h4-7,12H,8-11H2,1-3H3. The van der Waals surface area contributed by atoms with Crippen LogP contribution >= 0.6 is 0 Å². The molecule has 25 heavy (non-hydrogen) atoms. The Hall–Kier alpha value is -2.90. The van der Waals surface area contributed by atoms with Crippen LogP contribution in [0.1, 0.15) is 5.69 Å². The summed E-state index contributed by atoms with van der Waals surface area (Å²) in [5.41, 5.74) is 1.86. The van der Waals surface area contributed by atoms with Crippen molar-refractivity contribution in [2.24, 2.45) is 0 Å². The second kappa shape index (κ2) is 6.19. The van der Waals surface area contributed by atoms with Gasteiger partial charge in [0.2, 0.25) is 5.95 Å². The third-order valence-electron chi connectivity index (χ3n) is 4.42. The topological polar surface area (TPSA) is 65.7 Å². The van der Waals surface area contributed by atoms with Crippen molar-refractivity contribution in [3.8, 4) is 0 Å². The minimum absolute atomic E-state index is 0.808. The number of fused-ring (bicyclic) bond motifs is 1. The maximum atomic E-state index is 4.68. The van der Waals surface area contributed by atoms with Crippen molar-refractivity contribution >= 4 is 23.2 Å². The molecule has 0 amide bonds. The Morgan fingerprint density at radius 1 is 0.960 bits per heavy atom. The van der Waals surface area contributed by atoms with Gasteiger partial charge in [0, 0.05) is 64.3 Å². The summed E-state index contributed by atoms with van der Waals surface area (Å²) in [7, 11) is 4.00. The van der Waals surface area contributed by atoms with Crippen LogP contribution in [-0.4, -0.2) is 64.8 Å². The third kappa shape index (κ3) is 3.07. The van der Waals surface area contributed by atoms with Gasteiger partial charge in [-0.2, -0.15) is 10.1 Å².